The summed E-state index contributed by atoms with van der Waals surface area (Å²) in [4.78, 5) is 18.7. The molecule has 2 amide bonds. The quantitative estimate of drug-likeness (QED) is 0.356. The first-order valence-corrected chi connectivity index (χ1v) is 14.9. The first-order valence-electron chi connectivity index (χ1n) is 14.9. The molecule has 0 unspecified atom stereocenters. The van der Waals surface area contributed by atoms with Crippen molar-refractivity contribution in [3.05, 3.63) is 46.9 Å². The van der Waals surface area contributed by atoms with Gasteiger partial charge in [0, 0.05) is 87.0 Å². The van der Waals surface area contributed by atoms with Crippen LogP contribution in [0, 0.1) is 5.41 Å². The zero-order chi connectivity index (χ0) is 29.4. The standard InChI is InChI=1S/C30H40F2N8O2/c1-34-30(41)39-11-7-26(36-21-5-9-38(10-6-21)22-17-42-18-22)25(16-39)29(33)40-8-3-4-19-12-23(20-14-35-37(2)15-20)24(28(31)32)13-27(19)40/h12-15,21-22,28,33,36H,3-11,16-18H2,1-2H3,(H,34,41). The lowest BCUT2D eigenvalue weighted by Crippen LogP contribution is -2.54. The van der Waals surface area contributed by atoms with Gasteiger partial charge in [-0.15, -0.1) is 0 Å². The van der Waals surface area contributed by atoms with Crippen LogP contribution < -0.4 is 15.5 Å². The number of fused-ring (bicyclic) bond motifs is 1. The Labute approximate surface area is 245 Å². The second-order valence-electron chi connectivity index (χ2n) is 11.7. The maximum absolute atomic E-state index is 14.4. The Morgan fingerprint density at radius 2 is 1.93 bits per heavy atom. The number of amidine groups is 1. The molecule has 1 aromatic heterocycles. The number of carbonyl (C=O) groups excluding carboxylic acids is 1. The van der Waals surface area contributed by atoms with E-state index in [0.717, 1.165) is 68.8 Å². The summed E-state index contributed by atoms with van der Waals surface area (Å²) >= 11 is 0. The number of rotatable bonds is 6. The van der Waals surface area contributed by atoms with E-state index in [9.17, 15) is 19.0 Å². The number of nitrogens with zero attached hydrogens (tertiary/aromatic N) is 5. The lowest BCUT2D eigenvalue weighted by atomic mass is 9.92. The fraction of sp³-hybridized carbons (Fsp3) is 0.567. The Kier molecular flexibility index (Phi) is 8.17. The second kappa shape index (κ2) is 12.0. The SMILES string of the molecule is CNC(=O)N1CCC(NC2CCN(C3COC3)CC2)=C(C(=N)N2CCCc3cc(-c4cnn(C)c4)c(C(F)F)cc32)C1. The van der Waals surface area contributed by atoms with Gasteiger partial charge in [-0.25, -0.2) is 13.6 Å². The van der Waals surface area contributed by atoms with Crippen molar-refractivity contribution in [3.63, 3.8) is 0 Å². The number of amides is 2. The predicted molar refractivity (Wildman–Crippen MR) is 157 cm³/mol. The fourth-order valence-electron chi connectivity index (χ4n) is 6.60. The molecule has 5 heterocycles. The van der Waals surface area contributed by atoms with Gasteiger partial charge in [-0.05, 0) is 48.9 Å². The molecule has 4 aliphatic rings. The number of piperidine rings is 1. The molecule has 0 aliphatic carbocycles. The van der Waals surface area contributed by atoms with Gasteiger partial charge in [0.15, 0.2) is 0 Å². The minimum absolute atomic E-state index is 0.0620. The summed E-state index contributed by atoms with van der Waals surface area (Å²) in [6, 6.07) is 4.03. The van der Waals surface area contributed by atoms with Gasteiger partial charge in [-0.3, -0.25) is 15.0 Å². The van der Waals surface area contributed by atoms with Crippen LogP contribution >= 0.6 is 0 Å². The summed E-state index contributed by atoms with van der Waals surface area (Å²) in [5.74, 6) is 0.269. The topological polar surface area (TPSA) is 102 Å². The third-order valence-electron chi connectivity index (χ3n) is 9.07. The predicted octanol–water partition coefficient (Wildman–Crippen LogP) is 3.51. The van der Waals surface area contributed by atoms with Crippen LogP contribution in [0.25, 0.3) is 11.1 Å². The third kappa shape index (κ3) is 5.61. The van der Waals surface area contributed by atoms with E-state index >= 15 is 0 Å². The van der Waals surface area contributed by atoms with E-state index in [2.05, 4.69) is 20.6 Å². The van der Waals surface area contributed by atoms with Crippen LogP contribution in [-0.4, -0.2) is 96.5 Å². The first kappa shape index (κ1) is 28.6. The summed E-state index contributed by atoms with van der Waals surface area (Å²) < 4.78 is 35.8. The molecule has 0 spiro atoms. The van der Waals surface area contributed by atoms with Gasteiger partial charge in [0.2, 0.25) is 0 Å². The molecule has 2 fully saturated rings. The number of aromatic nitrogens is 2. The Hall–Kier alpha value is -3.51. The number of likely N-dealkylation sites (tertiary alicyclic amines) is 1. The number of hydrogen-bond donors (Lipinski definition) is 3. The van der Waals surface area contributed by atoms with Gasteiger partial charge in [0.25, 0.3) is 6.43 Å². The molecule has 10 nitrogen and oxygen atoms in total. The molecule has 0 atom stereocenters. The number of urea groups is 1. The highest BCUT2D eigenvalue weighted by Crippen LogP contribution is 2.39. The lowest BCUT2D eigenvalue weighted by molar-refractivity contribution is -0.0717. The average Bonchev–Trinajstić information content (AvgIpc) is 3.41. The highest BCUT2D eigenvalue weighted by Gasteiger charge is 2.34. The largest absolute Gasteiger partial charge is 0.385 e. The number of carbonyl (C=O) groups is 1. The Morgan fingerprint density at radius 3 is 2.57 bits per heavy atom. The number of anilines is 1. The molecule has 12 heteroatoms. The average molecular weight is 583 g/mol. The van der Waals surface area contributed by atoms with Crippen molar-refractivity contribution in [3.8, 4) is 11.1 Å². The van der Waals surface area contributed by atoms with E-state index in [1.165, 1.54) is 0 Å². The van der Waals surface area contributed by atoms with Crippen LogP contribution in [0.1, 0.15) is 43.2 Å². The van der Waals surface area contributed by atoms with Crippen molar-refractivity contribution >= 4 is 17.6 Å². The van der Waals surface area contributed by atoms with Crippen LogP contribution in [0.4, 0.5) is 19.3 Å². The zero-order valence-corrected chi connectivity index (χ0v) is 24.3. The molecular weight excluding hydrogens is 542 g/mol. The normalized spacial score (nSPS) is 20.5. The molecule has 226 valence electrons. The molecular formula is C30H40F2N8O2. The first-order chi connectivity index (χ1) is 20.3. The van der Waals surface area contributed by atoms with Gasteiger partial charge < -0.3 is 25.2 Å². The number of alkyl halides is 2. The molecule has 4 aliphatic heterocycles. The highest BCUT2D eigenvalue weighted by molar-refractivity contribution is 6.09. The van der Waals surface area contributed by atoms with Gasteiger partial charge in [-0.2, -0.15) is 5.10 Å². The Morgan fingerprint density at radius 1 is 1.14 bits per heavy atom. The highest BCUT2D eigenvalue weighted by atomic mass is 19.3. The summed E-state index contributed by atoms with van der Waals surface area (Å²) in [7, 11) is 3.38. The van der Waals surface area contributed by atoms with Crippen molar-refractivity contribution < 1.29 is 18.3 Å². The summed E-state index contributed by atoms with van der Waals surface area (Å²) in [6.07, 6.45) is 4.85. The molecule has 42 heavy (non-hydrogen) atoms. The molecule has 3 N–H and O–H groups in total. The van der Waals surface area contributed by atoms with E-state index in [4.69, 9.17) is 4.74 Å². The third-order valence-corrected chi connectivity index (χ3v) is 9.07. The van der Waals surface area contributed by atoms with Crippen LogP contribution in [0.3, 0.4) is 0 Å². The summed E-state index contributed by atoms with van der Waals surface area (Å²) in [5.41, 5.74) is 4.40. The minimum atomic E-state index is -2.67. The summed E-state index contributed by atoms with van der Waals surface area (Å²) in [5, 5.41) is 20.1. The number of hydrogen-bond acceptors (Lipinski definition) is 6. The van der Waals surface area contributed by atoms with Crippen molar-refractivity contribution in [1.29, 1.82) is 5.41 Å². The molecule has 0 saturated carbocycles. The molecule has 6 rings (SSSR count). The van der Waals surface area contributed by atoms with Gasteiger partial charge >= 0.3 is 6.03 Å². The molecule has 1 aromatic carbocycles. The molecule has 0 bridgehead atoms. The lowest BCUT2D eigenvalue weighted by Gasteiger charge is -2.42. The summed E-state index contributed by atoms with van der Waals surface area (Å²) in [6.45, 7) is 5.04. The van der Waals surface area contributed by atoms with Crippen molar-refractivity contribution in [2.24, 2.45) is 7.05 Å². The Balaban J connectivity index is 1.29. The van der Waals surface area contributed by atoms with E-state index in [0.29, 0.717) is 48.9 Å². The molecule has 2 saturated heterocycles. The van der Waals surface area contributed by atoms with Crippen LogP contribution in [-0.2, 0) is 18.2 Å². The maximum atomic E-state index is 14.4. The van der Waals surface area contributed by atoms with Gasteiger partial charge in [-0.1, -0.05) is 0 Å². The van der Waals surface area contributed by atoms with E-state index in [-0.39, 0.29) is 23.5 Å². The number of nitrogens with one attached hydrogen (secondary N) is 3. The number of halogens is 2. The van der Waals surface area contributed by atoms with Gasteiger partial charge in [0.1, 0.15) is 5.84 Å². The van der Waals surface area contributed by atoms with E-state index < -0.39 is 6.43 Å². The van der Waals surface area contributed by atoms with Crippen molar-refractivity contribution in [1.82, 2.24) is 30.2 Å². The number of ether oxygens (including phenoxy) is 1. The molecule has 2 aromatic rings. The smallest absolute Gasteiger partial charge is 0.317 e. The molecule has 0 radical (unpaired) electrons. The minimum Gasteiger partial charge on any atom is -0.385 e. The van der Waals surface area contributed by atoms with Crippen LogP contribution in [0.5, 0.6) is 0 Å². The van der Waals surface area contributed by atoms with Crippen molar-refractivity contribution in [2.45, 2.75) is 50.6 Å². The second-order valence-corrected chi connectivity index (χ2v) is 11.7. The van der Waals surface area contributed by atoms with Crippen molar-refractivity contribution in [2.75, 3.05) is 57.9 Å². The number of benzene rings is 1. The fourth-order valence-corrected chi connectivity index (χ4v) is 6.60. The van der Waals surface area contributed by atoms with E-state index in [1.807, 2.05) is 11.0 Å². The van der Waals surface area contributed by atoms with Crippen LogP contribution in [0.2, 0.25) is 0 Å². The monoisotopic (exact) mass is 582 g/mol. The maximum Gasteiger partial charge on any atom is 0.317 e. The van der Waals surface area contributed by atoms with Gasteiger partial charge in [0.05, 0.1) is 32.0 Å². The zero-order valence-electron chi connectivity index (χ0n) is 24.3. The number of aryl methyl sites for hydroxylation is 2. The van der Waals surface area contributed by atoms with E-state index in [1.54, 1.807) is 42.1 Å². The van der Waals surface area contributed by atoms with Crippen LogP contribution in [0.15, 0.2) is 35.8 Å². The Bertz CT molecular complexity index is 1360.